The molecule has 3 rings (SSSR count). The predicted octanol–water partition coefficient (Wildman–Crippen LogP) is 3.56. The summed E-state index contributed by atoms with van der Waals surface area (Å²) in [5.41, 5.74) is 10.4. The van der Waals surface area contributed by atoms with Gasteiger partial charge in [0.15, 0.2) is 0 Å². The van der Waals surface area contributed by atoms with Gasteiger partial charge in [-0.3, -0.25) is 5.10 Å². The van der Waals surface area contributed by atoms with E-state index in [2.05, 4.69) is 59.3 Å². The molecule has 3 N–H and O–H groups in total. The van der Waals surface area contributed by atoms with E-state index in [9.17, 15) is 0 Å². The highest BCUT2D eigenvalue weighted by Crippen LogP contribution is 2.30. The van der Waals surface area contributed by atoms with Crippen molar-refractivity contribution in [3.63, 3.8) is 0 Å². The molecular formula is C17H20N4. The first kappa shape index (κ1) is 13.5. The van der Waals surface area contributed by atoms with Gasteiger partial charge in [-0.15, -0.1) is 0 Å². The smallest absolute Gasteiger partial charge is 0.0672 e. The Balaban J connectivity index is 2.00. The molecule has 1 heterocycles. The fraction of sp³-hybridized carbons (Fsp3) is 0.235. The number of aromatic amines is 1. The average molecular weight is 280 g/mol. The Morgan fingerprint density at radius 3 is 2.67 bits per heavy atom. The average Bonchev–Trinajstić information content (AvgIpc) is 2.92. The van der Waals surface area contributed by atoms with E-state index in [1.165, 1.54) is 5.56 Å². The summed E-state index contributed by atoms with van der Waals surface area (Å²) >= 11 is 0. The molecule has 0 aliphatic rings. The summed E-state index contributed by atoms with van der Waals surface area (Å²) in [5, 5.41) is 8.13. The van der Waals surface area contributed by atoms with Crippen LogP contribution in [0, 0.1) is 0 Å². The van der Waals surface area contributed by atoms with Gasteiger partial charge in [0, 0.05) is 18.0 Å². The molecule has 0 saturated heterocycles. The number of nitrogens with two attached hydrogens (primary N) is 1. The number of nitrogens with zero attached hydrogens (tertiary/aromatic N) is 2. The standard InChI is InChI=1S/C17H20N4/c1-12(2)21(11-13-6-4-3-5-7-13)17-9-16-14(8-15(17)18)10-19-20-16/h3-10,12H,11,18H2,1-2H3,(H,19,20). The summed E-state index contributed by atoms with van der Waals surface area (Å²) in [6.45, 7) is 5.20. The minimum Gasteiger partial charge on any atom is -0.397 e. The fourth-order valence-electron chi connectivity index (χ4n) is 2.57. The van der Waals surface area contributed by atoms with Crippen molar-refractivity contribution in [2.45, 2.75) is 26.4 Å². The zero-order valence-electron chi connectivity index (χ0n) is 12.4. The van der Waals surface area contributed by atoms with Gasteiger partial charge in [0.1, 0.15) is 0 Å². The van der Waals surface area contributed by atoms with Gasteiger partial charge < -0.3 is 10.6 Å². The second-order valence-corrected chi connectivity index (χ2v) is 5.58. The number of nitrogen functional groups attached to an aromatic ring is 1. The van der Waals surface area contributed by atoms with Gasteiger partial charge in [0.2, 0.25) is 0 Å². The highest BCUT2D eigenvalue weighted by Gasteiger charge is 2.15. The van der Waals surface area contributed by atoms with Crippen molar-refractivity contribution in [2.24, 2.45) is 0 Å². The number of fused-ring (bicyclic) bond motifs is 1. The minimum atomic E-state index is 0.355. The Hall–Kier alpha value is -2.49. The van der Waals surface area contributed by atoms with E-state index in [-0.39, 0.29) is 0 Å². The first-order chi connectivity index (χ1) is 10.1. The molecule has 0 radical (unpaired) electrons. The summed E-state index contributed by atoms with van der Waals surface area (Å²) in [5.74, 6) is 0. The molecule has 0 spiro atoms. The molecule has 21 heavy (non-hydrogen) atoms. The normalized spacial score (nSPS) is 11.2. The van der Waals surface area contributed by atoms with Gasteiger partial charge >= 0.3 is 0 Å². The van der Waals surface area contributed by atoms with Crippen LogP contribution >= 0.6 is 0 Å². The Morgan fingerprint density at radius 2 is 1.95 bits per heavy atom. The number of rotatable bonds is 4. The van der Waals surface area contributed by atoms with E-state index in [0.29, 0.717) is 6.04 Å². The lowest BCUT2D eigenvalue weighted by molar-refractivity contribution is 0.684. The molecule has 0 bridgehead atoms. The Labute approximate surface area is 124 Å². The Kier molecular flexibility index (Phi) is 3.52. The minimum absolute atomic E-state index is 0.355. The number of hydrogen-bond donors (Lipinski definition) is 2. The largest absolute Gasteiger partial charge is 0.397 e. The lowest BCUT2D eigenvalue weighted by Gasteiger charge is -2.30. The van der Waals surface area contributed by atoms with Crippen LogP contribution < -0.4 is 10.6 Å². The first-order valence-corrected chi connectivity index (χ1v) is 7.18. The third kappa shape index (κ3) is 2.70. The molecule has 0 unspecified atom stereocenters. The quantitative estimate of drug-likeness (QED) is 0.718. The monoisotopic (exact) mass is 280 g/mol. The lowest BCUT2D eigenvalue weighted by Crippen LogP contribution is -2.30. The zero-order chi connectivity index (χ0) is 14.8. The van der Waals surface area contributed by atoms with Crippen molar-refractivity contribution in [1.82, 2.24) is 10.2 Å². The van der Waals surface area contributed by atoms with Crippen molar-refractivity contribution in [1.29, 1.82) is 0 Å². The number of nitrogens with one attached hydrogen (secondary N) is 1. The van der Waals surface area contributed by atoms with Crippen LogP contribution in [-0.4, -0.2) is 16.2 Å². The topological polar surface area (TPSA) is 57.9 Å². The highest BCUT2D eigenvalue weighted by molar-refractivity contribution is 5.89. The van der Waals surface area contributed by atoms with Crippen LogP contribution in [0.2, 0.25) is 0 Å². The molecule has 0 aliphatic carbocycles. The van der Waals surface area contributed by atoms with Gasteiger partial charge in [-0.1, -0.05) is 30.3 Å². The Morgan fingerprint density at radius 1 is 1.19 bits per heavy atom. The molecule has 0 aliphatic heterocycles. The number of anilines is 2. The van der Waals surface area contributed by atoms with Crippen LogP contribution in [0.3, 0.4) is 0 Å². The molecule has 3 aromatic rings. The van der Waals surface area contributed by atoms with Crippen molar-refractivity contribution >= 4 is 22.3 Å². The Bertz CT molecular complexity index is 731. The maximum absolute atomic E-state index is 6.25. The van der Waals surface area contributed by atoms with Crippen LogP contribution in [0.25, 0.3) is 10.9 Å². The van der Waals surface area contributed by atoms with Gasteiger partial charge in [-0.25, -0.2) is 0 Å². The molecule has 0 fully saturated rings. The summed E-state index contributed by atoms with van der Waals surface area (Å²) in [6, 6.07) is 14.9. The van der Waals surface area contributed by atoms with Crippen LogP contribution in [-0.2, 0) is 6.54 Å². The molecule has 1 aromatic heterocycles. The second-order valence-electron chi connectivity index (χ2n) is 5.58. The molecule has 0 atom stereocenters. The van der Waals surface area contributed by atoms with Gasteiger partial charge in [-0.2, -0.15) is 5.10 Å². The van der Waals surface area contributed by atoms with Crippen molar-refractivity contribution in [2.75, 3.05) is 10.6 Å². The molecule has 0 saturated carbocycles. The van der Waals surface area contributed by atoms with Gasteiger partial charge in [0.05, 0.1) is 23.1 Å². The second kappa shape index (κ2) is 5.48. The molecule has 4 nitrogen and oxygen atoms in total. The van der Waals surface area contributed by atoms with Crippen molar-refractivity contribution in [3.8, 4) is 0 Å². The van der Waals surface area contributed by atoms with Crippen LogP contribution in [0.15, 0.2) is 48.7 Å². The van der Waals surface area contributed by atoms with E-state index < -0.39 is 0 Å². The number of benzene rings is 2. The van der Waals surface area contributed by atoms with Crippen LogP contribution in [0.4, 0.5) is 11.4 Å². The lowest BCUT2D eigenvalue weighted by atomic mass is 10.1. The SMILES string of the molecule is CC(C)N(Cc1ccccc1)c1cc2[nH]ncc2cc1N. The molecule has 4 heteroatoms. The van der Waals surface area contributed by atoms with Crippen LogP contribution in [0.5, 0.6) is 0 Å². The molecule has 0 amide bonds. The predicted molar refractivity (Wildman–Crippen MR) is 88.3 cm³/mol. The maximum Gasteiger partial charge on any atom is 0.0672 e. The summed E-state index contributed by atoms with van der Waals surface area (Å²) < 4.78 is 0. The van der Waals surface area contributed by atoms with E-state index in [4.69, 9.17) is 5.73 Å². The molecule has 108 valence electrons. The molecular weight excluding hydrogens is 260 g/mol. The summed E-state index contributed by atoms with van der Waals surface area (Å²) in [7, 11) is 0. The van der Waals surface area contributed by atoms with E-state index >= 15 is 0 Å². The third-order valence-electron chi connectivity index (χ3n) is 3.72. The van der Waals surface area contributed by atoms with Gasteiger partial charge in [0.25, 0.3) is 0 Å². The number of aromatic nitrogens is 2. The van der Waals surface area contributed by atoms with Crippen molar-refractivity contribution < 1.29 is 0 Å². The van der Waals surface area contributed by atoms with Gasteiger partial charge in [-0.05, 0) is 31.5 Å². The van der Waals surface area contributed by atoms with Crippen LogP contribution in [0.1, 0.15) is 19.4 Å². The highest BCUT2D eigenvalue weighted by atomic mass is 15.2. The molecule has 2 aromatic carbocycles. The fourth-order valence-corrected chi connectivity index (χ4v) is 2.57. The van der Waals surface area contributed by atoms with Crippen molar-refractivity contribution in [3.05, 3.63) is 54.2 Å². The summed E-state index contributed by atoms with van der Waals surface area (Å²) in [6.07, 6.45) is 1.80. The number of hydrogen-bond acceptors (Lipinski definition) is 3. The summed E-state index contributed by atoms with van der Waals surface area (Å²) in [4.78, 5) is 2.31. The van der Waals surface area contributed by atoms with E-state index in [1.54, 1.807) is 6.20 Å². The number of H-pyrrole nitrogens is 1. The zero-order valence-corrected chi connectivity index (χ0v) is 12.4. The maximum atomic E-state index is 6.25. The first-order valence-electron chi connectivity index (χ1n) is 7.18. The third-order valence-corrected chi connectivity index (χ3v) is 3.72. The van der Waals surface area contributed by atoms with E-state index in [0.717, 1.165) is 28.8 Å². The van der Waals surface area contributed by atoms with E-state index in [1.807, 2.05) is 12.1 Å².